The van der Waals surface area contributed by atoms with E-state index in [0.717, 1.165) is 4.57 Å². The lowest BCUT2D eigenvalue weighted by atomic mass is 10.1. The Kier molecular flexibility index (Phi) is 8.74. The van der Waals surface area contributed by atoms with E-state index in [-0.39, 0.29) is 12.2 Å². The SMILES string of the molecule is Nc1ccn([C@@H]2O[C@H](CO)[C@@H](O)[C@H]2O)c(=O)n1.O=CCC(O)C(O)CO. The van der Waals surface area contributed by atoms with Gasteiger partial charge in [-0.1, -0.05) is 0 Å². The molecule has 1 fully saturated rings. The van der Waals surface area contributed by atoms with Gasteiger partial charge in [-0.15, -0.1) is 0 Å². The van der Waals surface area contributed by atoms with Crippen LogP contribution in [0, 0.1) is 0 Å². The van der Waals surface area contributed by atoms with Gasteiger partial charge in [0.25, 0.3) is 0 Å². The second kappa shape index (κ2) is 10.3. The normalized spacial score (nSPS) is 27.3. The number of nitrogen functional groups attached to an aromatic ring is 1. The highest BCUT2D eigenvalue weighted by Crippen LogP contribution is 2.27. The zero-order chi connectivity index (χ0) is 19.9. The first-order valence-corrected chi connectivity index (χ1v) is 7.64. The van der Waals surface area contributed by atoms with Crippen molar-refractivity contribution in [2.75, 3.05) is 18.9 Å². The predicted octanol–water partition coefficient (Wildman–Crippen LogP) is -4.27. The Balaban J connectivity index is 0.000000321. The summed E-state index contributed by atoms with van der Waals surface area (Å²) in [7, 11) is 0. The molecule has 0 amide bonds. The van der Waals surface area contributed by atoms with E-state index < -0.39 is 55.7 Å². The zero-order valence-corrected chi connectivity index (χ0v) is 13.7. The molecule has 0 aliphatic carbocycles. The number of hydrogen-bond acceptors (Lipinski definition) is 11. The molecule has 2 heterocycles. The third-order valence-electron chi connectivity index (χ3n) is 3.61. The number of nitrogens with zero attached hydrogens (tertiary/aromatic N) is 2. The molecule has 8 N–H and O–H groups in total. The van der Waals surface area contributed by atoms with Crippen molar-refractivity contribution in [1.29, 1.82) is 0 Å². The van der Waals surface area contributed by atoms with Crippen LogP contribution in [0.15, 0.2) is 17.1 Å². The van der Waals surface area contributed by atoms with Crippen LogP contribution in [0.5, 0.6) is 0 Å². The van der Waals surface area contributed by atoms with Crippen LogP contribution in [0.25, 0.3) is 0 Å². The van der Waals surface area contributed by atoms with E-state index in [9.17, 15) is 19.8 Å². The van der Waals surface area contributed by atoms with Gasteiger partial charge >= 0.3 is 5.69 Å². The minimum absolute atomic E-state index is 0.0537. The maximum atomic E-state index is 11.5. The molecule has 12 nitrogen and oxygen atoms in total. The maximum absolute atomic E-state index is 11.5. The van der Waals surface area contributed by atoms with Crippen LogP contribution in [-0.4, -0.2) is 90.2 Å². The van der Waals surface area contributed by atoms with Gasteiger partial charge in [-0.2, -0.15) is 4.98 Å². The van der Waals surface area contributed by atoms with Gasteiger partial charge in [0, 0.05) is 12.6 Å². The lowest BCUT2D eigenvalue weighted by Gasteiger charge is -2.16. The van der Waals surface area contributed by atoms with Gasteiger partial charge in [-0.25, -0.2) is 4.79 Å². The molecule has 1 aliphatic heterocycles. The standard InChI is InChI=1S/C9H13N3O5.C5H10O4/c10-5-1-2-12(9(16)11-5)8-7(15)6(14)4(3-13)17-8;6-2-1-4(8)5(9)3-7/h1-2,4,6-8,13-15H,3H2,(H2,10,11,16);2,4-5,7-9H,1,3H2/t4-,6-,7-,8-;/m1./s1. The van der Waals surface area contributed by atoms with Crippen LogP contribution in [-0.2, 0) is 9.53 Å². The average molecular weight is 377 g/mol. The summed E-state index contributed by atoms with van der Waals surface area (Å²) >= 11 is 0. The minimum atomic E-state index is -1.31. The summed E-state index contributed by atoms with van der Waals surface area (Å²) in [6.45, 7) is -0.971. The number of aliphatic hydroxyl groups is 6. The number of carbonyl (C=O) groups excluding carboxylic acids is 1. The summed E-state index contributed by atoms with van der Waals surface area (Å²) < 4.78 is 6.19. The monoisotopic (exact) mass is 377 g/mol. The molecule has 0 bridgehead atoms. The molecule has 0 spiro atoms. The second-order valence-corrected chi connectivity index (χ2v) is 5.49. The number of anilines is 1. The van der Waals surface area contributed by atoms with E-state index in [1.807, 2.05) is 0 Å². The molecule has 1 aromatic rings. The molecular weight excluding hydrogens is 354 g/mol. The Morgan fingerprint density at radius 3 is 2.38 bits per heavy atom. The Labute approximate surface area is 147 Å². The number of ether oxygens (including phenoxy) is 1. The largest absolute Gasteiger partial charge is 0.394 e. The molecule has 0 aromatic carbocycles. The van der Waals surface area contributed by atoms with Crippen molar-refractivity contribution in [2.24, 2.45) is 0 Å². The fourth-order valence-electron chi connectivity index (χ4n) is 2.11. The lowest BCUT2D eigenvalue weighted by molar-refractivity contribution is -0.111. The summed E-state index contributed by atoms with van der Waals surface area (Å²) in [5.74, 6) is 0.0537. The second-order valence-electron chi connectivity index (χ2n) is 5.49. The fourth-order valence-corrected chi connectivity index (χ4v) is 2.11. The third-order valence-corrected chi connectivity index (χ3v) is 3.61. The topological polar surface area (TPSA) is 209 Å². The van der Waals surface area contributed by atoms with Crippen molar-refractivity contribution in [2.45, 2.75) is 43.2 Å². The Morgan fingerprint density at radius 1 is 1.27 bits per heavy atom. The van der Waals surface area contributed by atoms with E-state index in [1.165, 1.54) is 12.3 Å². The Morgan fingerprint density at radius 2 is 1.92 bits per heavy atom. The first-order valence-electron chi connectivity index (χ1n) is 7.64. The van der Waals surface area contributed by atoms with Crippen molar-refractivity contribution in [3.05, 3.63) is 22.7 Å². The number of nitrogens with two attached hydrogens (primary N) is 1. The van der Waals surface area contributed by atoms with Crippen LogP contribution in [0.1, 0.15) is 12.6 Å². The van der Waals surface area contributed by atoms with Crippen molar-refractivity contribution in [1.82, 2.24) is 9.55 Å². The molecule has 12 heteroatoms. The van der Waals surface area contributed by atoms with Gasteiger partial charge in [0.2, 0.25) is 0 Å². The van der Waals surface area contributed by atoms with E-state index in [1.54, 1.807) is 0 Å². The average Bonchev–Trinajstić information content (AvgIpc) is 2.90. The molecule has 0 saturated carbocycles. The first kappa shape index (κ1) is 22.1. The summed E-state index contributed by atoms with van der Waals surface area (Å²) in [4.78, 5) is 24.7. The number of carbonyl (C=O) groups is 1. The van der Waals surface area contributed by atoms with Crippen LogP contribution < -0.4 is 11.4 Å². The molecule has 1 aromatic heterocycles. The summed E-state index contributed by atoms with van der Waals surface area (Å²) in [6.07, 6.45) is -5.24. The quantitative estimate of drug-likeness (QED) is 0.236. The first-order chi connectivity index (χ1) is 12.3. The Hall–Kier alpha value is -1.93. The Bertz CT molecular complexity index is 626. The molecular formula is C14H23N3O9. The van der Waals surface area contributed by atoms with Crippen molar-refractivity contribution in [3.63, 3.8) is 0 Å². The molecule has 2 rings (SSSR count). The van der Waals surface area contributed by atoms with E-state index >= 15 is 0 Å². The van der Waals surface area contributed by atoms with Crippen LogP contribution in [0.3, 0.4) is 0 Å². The smallest absolute Gasteiger partial charge is 0.351 e. The molecule has 6 atom stereocenters. The van der Waals surface area contributed by atoms with Crippen molar-refractivity contribution >= 4 is 12.1 Å². The number of aldehydes is 1. The number of rotatable bonds is 6. The van der Waals surface area contributed by atoms with E-state index in [2.05, 4.69) is 4.98 Å². The fraction of sp³-hybridized carbons (Fsp3) is 0.643. The summed E-state index contributed by atoms with van der Waals surface area (Å²) in [5, 5.41) is 53.6. The number of aromatic nitrogens is 2. The lowest BCUT2D eigenvalue weighted by Crippen LogP contribution is -2.36. The van der Waals surface area contributed by atoms with Gasteiger partial charge in [0.15, 0.2) is 6.23 Å². The highest BCUT2D eigenvalue weighted by atomic mass is 16.6. The van der Waals surface area contributed by atoms with Crippen molar-refractivity contribution in [3.8, 4) is 0 Å². The van der Waals surface area contributed by atoms with Gasteiger partial charge in [-0.05, 0) is 6.07 Å². The molecule has 1 aliphatic rings. The highest BCUT2D eigenvalue weighted by Gasteiger charge is 2.43. The zero-order valence-electron chi connectivity index (χ0n) is 13.7. The van der Waals surface area contributed by atoms with E-state index in [4.69, 9.17) is 30.9 Å². The number of aliphatic hydroxyl groups excluding tert-OH is 6. The van der Waals surface area contributed by atoms with Crippen LogP contribution in [0.2, 0.25) is 0 Å². The molecule has 0 radical (unpaired) electrons. The highest BCUT2D eigenvalue weighted by molar-refractivity contribution is 5.50. The van der Waals surface area contributed by atoms with Gasteiger partial charge in [-0.3, -0.25) is 4.57 Å². The van der Waals surface area contributed by atoms with Gasteiger partial charge in [0.1, 0.15) is 36.5 Å². The maximum Gasteiger partial charge on any atom is 0.351 e. The number of hydrogen-bond donors (Lipinski definition) is 7. The van der Waals surface area contributed by atoms with Crippen LogP contribution in [0.4, 0.5) is 5.82 Å². The minimum Gasteiger partial charge on any atom is -0.394 e. The molecule has 1 saturated heterocycles. The molecule has 148 valence electrons. The van der Waals surface area contributed by atoms with Crippen LogP contribution >= 0.6 is 0 Å². The molecule has 2 unspecified atom stereocenters. The predicted molar refractivity (Wildman–Crippen MR) is 85.7 cm³/mol. The van der Waals surface area contributed by atoms with Gasteiger partial charge < -0.3 is 45.9 Å². The van der Waals surface area contributed by atoms with Crippen molar-refractivity contribution < 1.29 is 40.2 Å². The van der Waals surface area contributed by atoms with E-state index in [0.29, 0.717) is 6.29 Å². The summed E-state index contributed by atoms with van der Waals surface area (Å²) in [5.41, 5.74) is 4.63. The molecule has 26 heavy (non-hydrogen) atoms. The third kappa shape index (κ3) is 5.54. The summed E-state index contributed by atoms with van der Waals surface area (Å²) in [6, 6.07) is 1.37. The van der Waals surface area contributed by atoms with Gasteiger partial charge in [0.05, 0.1) is 19.3 Å².